The zero-order valence-electron chi connectivity index (χ0n) is 75.6. The molecular formula is C108H87ClFNO21S4. The Labute approximate surface area is 802 Å². The quantitative estimate of drug-likeness (QED) is 0.0139. The normalized spacial score (nSPS) is 10.9. The summed E-state index contributed by atoms with van der Waals surface area (Å²) < 4.78 is 81.7. The smallest absolute Gasteiger partial charge is 0.419 e. The molecule has 0 unspecified atom stereocenters. The first kappa shape index (κ1) is 97.9. The minimum atomic E-state index is -0.886. The second-order valence-corrected chi connectivity index (χ2v) is 35.2. The largest absolute Gasteiger partial charge is 0.497 e. The van der Waals surface area contributed by atoms with Gasteiger partial charge in [-0.15, -0.1) is 45.3 Å². The highest BCUT2D eigenvalue weighted by Crippen LogP contribution is 2.49. The average molecular weight is 1920 g/mol. The van der Waals surface area contributed by atoms with Crippen LogP contribution in [0.15, 0.2) is 243 Å². The molecule has 0 aliphatic carbocycles. The second kappa shape index (κ2) is 45.2. The summed E-state index contributed by atoms with van der Waals surface area (Å²) in [5.74, 6) is 5.94. The number of amides is 1. The molecule has 0 fully saturated rings. The maximum absolute atomic E-state index is 13.8. The Balaban J connectivity index is 0.000000153. The molecule has 136 heavy (non-hydrogen) atoms. The van der Waals surface area contributed by atoms with E-state index in [0.29, 0.717) is 146 Å². The minimum absolute atomic E-state index is 0.0534. The van der Waals surface area contributed by atoms with E-state index in [1.165, 1.54) is 76.3 Å². The Morgan fingerprint density at radius 1 is 0.316 bits per heavy atom. The van der Waals surface area contributed by atoms with E-state index in [0.717, 1.165) is 102 Å². The highest BCUT2D eigenvalue weighted by Gasteiger charge is 2.31. The number of fused-ring (bicyclic) bond motifs is 4. The average Bonchev–Trinajstić information content (AvgIpc) is 1.64. The van der Waals surface area contributed by atoms with Crippen LogP contribution in [0.5, 0.6) is 69.0 Å². The fourth-order valence-electron chi connectivity index (χ4n) is 15.0. The number of aryl methyl sites for hydroxylation is 9. The third kappa shape index (κ3) is 23.5. The minimum Gasteiger partial charge on any atom is -0.497 e. The molecule has 16 aromatic rings. The fraction of sp³-hybridized carbons (Fsp3) is 0.120. The summed E-state index contributed by atoms with van der Waals surface area (Å²) in [5, 5.41) is 6.24. The van der Waals surface area contributed by atoms with Crippen molar-refractivity contribution in [1.82, 2.24) is 0 Å². The number of halogens is 2. The van der Waals surface area contributed by atoms with Crippen molar-refractivity contribution in [2.75, 3.05) is 33.8 Å². The zero-order valence-corrected chi connectivity index (χ0v) is 79.6. The molecule has 0 atom stereocenters. The molecule has 0 aliphatic heterocycles. The SMILES string of the molecule is COc1ccc2c(Oc3ccc(/C=C/OC=O)cc3)c(C(=O)c3c(C)cc(C)cc3C)sc2c1.COc1ccc2c(Oc3ccc(/C=C/OC=O)cc3)c(C(=O)c3c(C)cc(Cl)cc3C)sc2c1.COc1ccc2c(Oc3ccc(/C=C/OC=O)cc3)c(C(=O)c3c(C)cc(F)cc3C)sc2c1.COc1ccc2c(Oc3ccc(NC(=O)OC=O)cc3)c(C(=O)c3ccc(C)cc3C)sc2c1. The van der Waals surface area contributed by atoms with E-state index >= 15 is 0 Å². The maximum atomic E-state index is 13.8. The predicted octanol–water partition coefficient (Wildman–Crippen LogP) is 27.4. The lowest BCUT2D eigenvalue weighted by Crippen LogP contribution is -2.12. The summed E-state index contributed by atoms with van der Waals surface area (Å²) in [4.78, 5) is 109. The molecule has 0 saturated heterocycles. The number of carbonyl (C=O) groups is 9. The number of hydrogen-bond acceptors (Lipinski definition) is 25. The molecule has 0 aliphatic rings. The van der Waals surface area contributed by atoms with E-state index in [1.807, 2.05) is 188 Å². The summed E-state index contributed by atoms with van der Waals surface area (Å²) in [6, 6.07) is 66.6. The molecule has 1 N–H and O–H groups in total. The number of anilines is 1. The molecule has 688 valence electrons. The van der Waals surface area contributed by atoms with Crippen LogP contribution in [-0.2, 0) is 38.1 Å². The standard InChI is InChI=1S/C28H24O5S.C27H21ClO5S.C27H21FO5S.C26H21NO6S/c1-17-13-18(2)25(19(3)14-17)26(30)28-27(23-10-9-22(31-4)15-24(23)34-28)33-21-7-5-20(6-8-21)11-12-32-16-29;2*1-16-12-19(28)13-17(2)24(16)25(30)27-26(22-9-8-21(31-3)14-23(22)34-27)33-20-6-4-18(5-7-20)10-11-32-15-29;1-15-4-10-20(16(2)12-15)23(29)25-24(21-11-9-19(31-3)13-22(21)34-25)33-18-7-5-17(6-8-18)27-26(30)32-14-28/h5-16H,1-4H3;2*4-15H,1-3H3;4-14H,1-3H3,(H,27,30)/b12-11+;2*11-10+;. The van der Waals surface area contributed by atoms with Crippen LogP contribution in [0.3, 0.4) is 0 Å². The van der Waals surface area contributed by atoms with Crippen molar-refractivity contribution >= 4 is 176 Å². The van der Waals surface area contributed by atoms with Crippen molar-refractivity contribution in [3.63, 3.8) is 0 Å². The van der Waals surface area contributed by atoms with Gasteiger partial charge in [-0.2, -0.15) is 0 Å². The molecular weight excluding hydrogens is 1830 g/mol. The Hall–Kier alpha value is -15.7. The third-order valence-electron chi connectivity index (χ3n) is 21.2. The van der Waals surface area contributed by atoms with E-state index in [-0.39, 0.29) is 35.4 Å². The van der Waals surface area contributed by atoms with Crippen LogP contribution in [0.1, 0.15) is 128 Å². The first-order chi connectivity index (χ1) is 65.6. The summed E-state index contributed by atoms with van der Waals surface area (Å²) in [6.07, 6.45) is 7.98. The van der Waals surface area contributed by atoms with Crippen molar-refractivity contribution in [3.05, 3.63) is 363 Å². The highest BCUT2D eigenvalue weighted by molar-refractivity contribution is 7.22. The van der Waals surface area contributed by atoms with Crippen LogP contribution in [-0.4, -0.2) is 83.6 Å². The molecule has 4 heterocycles. The predicted molar refractivity (Wildman–Crippen MR) is 531 cm³/mol. The first-order valence-electron chi connectivity index (χ1n) is 41.7. The van der Waals surface area contributed by atoms with E-state index in [4.69, 9.17) is 49.5 Å². The number of carbonyl (C=O) groups excluding carboxylic acids is 9. The van der Waals surface area contributed by atoms with Crippen molar-refractivity contribution in [3.8, 4) is 69.0 Å². The van der Waals surface area contributed by atoms with Gasteiger partial charge < -0.3 is 56.8 Å². The van der Waals surface area contributed by atoms with Crippen LogP contribution >= 0.6 is 56.9 Å². The third-order valence-corrected chi connectivity index (χ3v) is 25.9. The number of hydrogen-bond donors (Lipinski definition) is 1. The fourth-order valence-corrected chi connectivity index (χ4v) is 19.7. The molecule has 1 amide bonds. The van der Waals surface area contributed by atoms with Crippen molar-refractivity contribution < 1.29 is 104 Å². The van der Waals surface area contributed by atoms with Crippen LogP contribution in [0.25, 0.3) is 58.6 Å². The lowest BCUT2D eigenvalue weighted by Gasteiger charge is -2.12. The Morgan fingerprint density at radius 2 is 0.603 bits per heavy atom. The molecule has 28 heteroatoms. The van der Waals surface area contributed by atoms with E-state index in [1.54, 1.807) is 133 Å². The van der Waals surface area contributed by atoms with E-state index < -0.39 is 6.09 Å². The Morgan fingerprint density at radius 3 is 0.904 bits per heavy atom. The molecule has 0 saturated carbocycles. The number of nitrogens with one attached hydrogen (secondary N) is 1. The van der Waals surface area contributed by atoms with Gasteiger partial charge in [-0.05, 0) is 294 Å². The highest BCUT2D eigenvalue weighted by atomic mass is 35.5. The van der Waals surface area contributed by atoms with Crippen molar-refractivity contribution in [2.45, 2.75) is 62.3 Å². The monoisotopic (exact) mass is 1920 g/mol. The molecule has 12 aromatic carbocycles. The molecule has 4 aromatic heterocycles. The lowest BCUT2D eigenvalue weighted by atomic mass is 9.95. The number of methoxy groups -OCH3 is 4. The number of thiophene rings is 4. The van der Waals surface area contributed by atoms with Crippen LogP contribution in [0, 0.1) is 68.1 Å². The van der Waals surface area contributed by atoms with Gasteiger partial charge in [-0.25, -0.2) is 9.18 Å². The van der Waals surface area contributed by atoms with Gasteiger partial charge in [0.1, 0.15) is 71.3 Å². The van der Waals surface area contributed by atoms with Gasteiger partial charge in [0.05, 0.1) is 47.2 Å². The van der Waals surface area contributed by atoms with Crippen LogP contribution in [0.2, 0.25) is 5.02 Å². The van der Waals surface area contributed by atoms with Gasteiger partial charge in [0.2, 0.25) is 23.1 Å². The summed E-state index contributed by atoms with van der Waals surface area (Å²) in [6.45, 7) is 18.2. The van der Waals surface area contributed by atoms with Gasteiger partial charge in [-0.3, -0.25) is 43.7 Å². The van der Waals surface area contributed by atoms with Gasteiger partial charge >= 0.3 is 12.6 Å². The van der Waals surface area contributed by atoms with Gasteiger partial charge in [-0.1, -0.05) is 89.5 Å². The molecule has 0 spiro atoms. The maximum Gasteiger partial charge on any atom is 0.419 e. The van der Waals surface area contributed by atoms with Gasteiger partial charge in [0.15, 0.2) is 23.0 Å². The zero-order chi connectivity index (χ0) is 97.0. The number of benzene rings is 12. The summed E-state index contributed by atoms with van der Waals surface area (Å²) in [5.41, 5.74) is 13.0. The lowest BCUT2D eigenvalue weighted by molar-refractivity contribution is -0.124. The topological polar surface area (TPSA) is 276 Å². The van der Waals surface area contributed by atoms with Crippen LogP contribution in [0.4, 0.5) is 14.9 Å². The van der Waals surface area contributed by atoms with Gasteiger partial charge in [0.25, 0.3) is 19.4 Å². The number of ether oxygens (including phenoxy) is 12. The van der Waals surface area contributed by atoms with E-state index in [2.05, 4.69) is 24.3 Å². The van der Waals surface area contributed by atoms with Crippen LogP contribution < -0.4 is 43.2 Å². The Kier molecular flexibility index (Phi) is 32.5. The van der Waals surface area contributed by atoms with Crippen molar-refractivity contribution in [1.29, 1.82) is 0 Å². The number of ketones is 4. The summed E-state index contributed by atoms with van der Waals surface area (Å²) in [7, 11) is 6.40. The van der Waals surface area contributed by atoms with E-state index in [9.17, 15) is 47.5 Å². The molecule has 22 nitrogen and oxygen atoms in total. The van der Waals surface area contributed by atoms with Crippen molar-refractivity contribution in [2.24, 2.45) is 0 Å². The molecule has 0 radical (unpaired) electrons. The molecule has 16 rings (SSSR count). The number of rotatable bonds is 31. The van der Waals surface area contributed by atoms with Gasteiger partial charge in [0, 0.05) is 73.3 Å². The second-order valence-electron chi connectivity index (χ2n) is 30.6. The Bertz CT molecular complexity index is 6750. The first-order valence-corrected chi connectivity index (χ1v) is 45.4. The molecule has 0 bridgehead atoms. The summed E-state index contributed by atoms with van der Waals surface area (Å²) >= 11 is 11.6.